The molecule has 2 heterocycles. The average Bonchev–Trinajstić information content (AvgIpc) is 3.16. The van der Waals surface area contributed by atoms with Crippen LogP contribution < -0.4 is 14.9 Å². The van der Waals surface area contributed by atoms with Gasteiger partial charge in [-0.2, -0.15) is 0 Å². The molecule has 0 saturated carbocycles. The summed E-state index contributed by atoms with van der Waals surface area (Å²) in [4.78, 5) is 29.3. The van der Waals surface area contributed by atoms with E-state index in [4.69, 9.17) is 13.9 Å². The van der Waals surface area contributed by atoms with Crippen molar-refractivity contribution < 1.29 is 18.7 Å². The summed E-state index contributed by atoms with van der Waals surface area (Å²) in [5.41, 5.74) is 4.24. The maximum Gasteiger partial charge on any atom is 0.291 e. The molecular formula is C30H27NO5. The molecule has 0 saturated heterocycles. The Morgan fingerprint density at radius 2 is 1.75 bits per heavy atom. The summed E-state index contributed by atoms with van der Waals surface area (Å²) in [6.45, 7) is 8.26. The quantitative estimate of drug-likeness (QED) is 0.316. The first-order valence-electron chi connectivity index (χ1n) is 11.8. The number of carbonyl (C=O) groups excluding carboxylic acids is 1. The van der Waals surface area contributed by atoms with E-state index < -0.39 is 6.04 Å². The maximum atomic E-state index is 13.9. The summed E-state index contributed by atoms with van der Waals surface area (Å²) < 4.78 is 17.1. The second-order valence-corrected chi connectivity index (χ2v) is 8.96. The molecule has 1 aliphatic rings. The van der Waals surface area contributed by atoms with Crippen molar-refractivity contribution in [2.75, 3.05) is 13.7 Å². The smallest absolute Gasteiger partial charge is 0.291 e. The van der Waals surface area contributed by atoms with Gasteiger partial charge in [0.2, 0.25) is 5.76 Å². The molecule has 182 valence electrons. The Morgan fingerprint density at radius 1 is 1.00 bits per heavy atom. The van der Waals surface area contributed by atoms with Crippen LogP contribution in [-0.4, -0.2) is 24.5 Å². The topological polar surface area (TPSA) is 69.0 Å². The van der Waals surface area contributed by atoms with Crippen molar-refractivity contribution in [1.29, 1.82) is 0 Å². The van der Waals surface area contributed by atoms with Crippen LogP contribution in [0.5, 0.6) is 11.5 Å². The van der Waals surface area contributed by atoms with Crippen LogP contribution in [0.15, 0.2) is 82.5 Å². The summed E-state index contributed by atoms with van der Waals surface area (Å²) in [5, 5.41) is 0.472. The molecule has 1 amide bonds. The lowest BCUT2D eigenvalue weighted by molar-refractivity contribution is 0.0714. The average molecular weight is 482 g/mol. The Kier molecular flexibility index (Phi) is 6.10. The molecule has 4 aromatic rings. The third-order valence-electron chi connectivity index (χ3n) is 6.64. The highest BCUT2D eigenvalue weighted by Gasteiger charge is 2.42. The summed E-state index contributed by atoms with van der Waals surface area (Å²) >= 11 is 0. The lowest BCUT2D eigenvalue weighted by Gasteiger charge is -2.25. The van der Waals surface area contributed by atoms with Gasteiger partial charge in [0.05, 0.1) is 24.1 Å². The minimum absolute atomic E-state index is 0.0895. The van der Waals surface area contributed by atoms with Crippen LogP contribution in [0.25, 0.3) is 11.0 Å². The number of nitrogens with zero attached hydrogens (tertiary/aromatic N) is 1. The number of ether oxygens (including phenoxy) is 2. The van der Waals surface area contributed by atoms with Crippen LogP contribution in [-0.2, 0) is 6.54 Å². The predicted molar refractivity (Wildman–Crippen MR) is 139 cm³/mol. The van der Waals surface area contributed by atoms with Crippen molar-refractivity contribution in [3.63, 3.8) is 0 Å². The lowest BCUT2D eigenvalue weighted by Crippen LogP contribution is -2.29. The zero-order valence-electron chi connectivity index (χ0n) is 20.5. The van der Waals surface area contributed by atoms with Gasteiger partial charge in [-0.3, -0.25) is 9.59 Å². The lowest BCUT2D eigenvalue weighted by atomic mass is 9.97. The third-order valence-corrected chi connectivity index (χ3v) is 6.64. The zero-order valence-corrected chi connectivity index (χ0v) is 20.5. The molecule has 1 aliphatic heterocycles. The van der Waals surface area contributed by atoms with Crippen molar-refractivity contribution in [3.8, 4) is 11.5 Å². The Bertz CT molecular complexity index is 1530. The van der Waals surface area contributed by atoms with Crippen molar-refractivity contribution in [3.05, 3.63) is 117 Å². The van der Waals surface area contributed by atoms with E-state index in [0.29, 0.717) is 35.4 Å². The van der Waals surface area contributed by atoms with E-state index in [-0.39, 0.29) is 17.1 Å². The second kappa shape index (κ2) is 9.38. The number of benzene rings is 3. The SMILES string of the molecule is C=CCOc1cccc(C2c3c(oc4cc(C)c(C)cc4c3=O)C(=O)N2Cc2ccc(OC)cc2)c1. The minimum atomic E-state index is -0.621. The number of amides is 1. The molecule has 1 aromatic heterocycles. The van der Waals surface area contributed by atoms with Gasteiger partial charge >= 0.3 is 0 Å². The molecule has 0 N–H and O–H groups in total. The summed E-state index contributed by atoms with van der Waals surface area (Å²) in [6, 6.07) is 18.0. The Balaban J connectivity index is 1.68. The van der Waals surface area contributed by atoms with E-state index in [0.717, 1.165) is 28.0 Å². The highest BCUT2D eigenvalue weighted by molar-refractivity contribution is 5.99. The molecule has 0 spiro atoms. The largest absolute Gasteiger partial charge is 0.497 e. The Morgan fingerprint density at radius 3 is 2.47 bits per heavy atom. The molecule has 5 rings (SSSR count). The van der Waals surface area contributed by atoms with Crippen molar-refractivity contribution >= 4 is 16.9 Å². The van der Waals surface area contributed by atoms with Gasteiger partial charge in [0.15, 0.2) is 5.43 Å². The maximum absolute atomic E-state index is 13.9. The fourth-order valence-electron chi connectivity index (χ4n) is 4.64. The molecule has 1 atom stereocenters. The van der Waals surface area contributed by atoms with Crippen LogP contribution in [0.2, 0.25) is 0 Å². The molecule has 36 heavy (non-hydrogen) atoms. The normalized spacial score (nSPS) is 14.7. The molecule has 0 radical (unpaired) electrons. The van der Waals surface area contributed by atoms with Gasteiger partial charge in [-0.15, -0.1) is 0 Å². The summed E-state index contributed by atoms with van der Waals surface area (Å²) in [5.74, 6) is 1.13. The Hall–Kier alpha value is -4.32. The zero-order chi connectivity index (χ0) is 25.4. The summed E-state index contributed by atoms with van der Waals surface area (Å²) in [7, 11) is 1.61. The number of fused-ring (bicyclic) bond motifs is 2. The molecule has 6 heteroatoms. The highest BCUT2D eigenvalue weighted by Crippen LogP contribution is 2.40. The van der Waals surface area contributed by atoms with E-state index in [9.17, 15) is 9.59 Å². The first-order chi connectivity index (χ1) is 17.4. The van der Waals surface area contributed by atoms with Crippen LogP contribution in [0.3, 0.4) is 0 Å². The first kappa shape index (κ1) is 23.4. The molecule has 0 fully saturated rings. The number of carbonyl (C=O) groups is 1. The van der Waals surface area contributed by atoms with E-state index in [1.165, 1.54) is 0 Å². The number of rotatable bonds is 7. The van der Waals surface area contributed by atoms with E-state index >= 15 is 0 Å². The van der Waals surface area contributed by atoms with E-state index in [2.05, 4.69) is 6.58 Å². The van der Waals surface area contributed by atoms with Gasteiger partial charge in [-0.1, -0.05) is 36.9 Å². The minimum Gasteiger partial charge on any atom is -0.497 e. The highest BCUT2D eigenvalue weighted by atomic mass is 16.5. The molecule has 0 aliphatic carbocycles. The number of hydrogen-bond acceptors (Lipinski definition) is 5. The number of hydrogen-bond donors (Lipinski definition) is 0. The van der Waals surface area contributed by atoms with Crippen molar-refractivity contribution in [1.82, 2.24) is 4.90 Å². The van der Waals surface area contributed by atoms with Gasteiger partial charge in [-0.25, -0.2) is 0 Å². The van der Waals surface area contributed by atoms with Crippen molar-refractivity contribution in [2.24, 2.45) is 0 Å². The number of methoxy groups -OCH3 is 1. The third kappa shape index (κ3) is 4.05. The fraction of sp³-hybridized carbons (Fsp3) is 0.200. The predicted octanol–water partition coefficient (Wildman–Crippen LogP) is 5.73. The van der Waals surface area contributed by atoms with Gasteiger partial charge in [-0.05, 0) is 72.5 Å². The van der Waals surface area contributed by atoms with Crippen molar-refractivity contribution in [2.45, 2.75) is 26.4 Å². The second-order valence-electron chi connectivity index (χ2n) is 8.96. The van der Waals surface area contributed by atoms with Crippen LogP contribution in [0.1, 0.15) is 44.4 Å². The number of aryl methyl sites for hydroxylation is 2. The standard InChI is InChI=1S/C30H27NO5/c1-5-13-35-23-8-6-7-21(16-23)27-26-28(32)24-14-18(2)19(3)15-25(24)36-29(26)30(33)31(27)17-20-9-11-22(34-4)12-10-20/h5-12,14-16,27H,1,13,17H2,2-4H3. The molecular weight excluding hydrogens is 454 g/mol. The molecule has 1 unspecified atom stereocenters. The molecule has 6 nitrogen and oxygen atoms in total. The summed E-state index contributed by atoms with van der Waals surface area (Å²) in [6.07, 6.45) is 1.67. The fourth-order valence-corrected chi connectivity index (χ4v) is 4.64. The first-order valence-corrected chi connectivity index (χ1v) is 11.8. The van der Waals surface area contributed by atoms with Crippen LogP contribution in [0, 0.1) is 13.8 Å². The van der Waals surface area contributed by atoms with Gasteiger partial charge in [0.25, 0.3) is 5.91 Å². The van der Waals surface area contributed by atoms with Crippen LogP contribution in [0.4, 0.5) is 0 Å². The van der Waals surface area contributed by atoms with Gasteiger partial charge < -0.3 is 18.8 Å². The van der Waals surface area contributed by atoms with E-state index in [1.807, 2.05) is 74.5 Å². The van der Waals surface area contributed by atoms with Gasteiger partial charge in [0.1, 0.15) is 23.7 Å². The Labute approximate surface area is 209 Å². The molecule has 0 bridgehead atoms. The van der Waals surface area contributed by atoms with Crippen LogP contribution >= 0.6 is 0 Å². The van der Waals surface area contributed by atoms with Gasteiger partial charge in [0, 0.05) is 6.54 Å². The molecule has 3 aromatic carbocycles. The van der Waals surface area contributed by atoms with E-state index in [1.54, 1.807) is 18.1 Å². The monoisotopic (exact) mass is 481 g/mol.